The summed E-state index contributed by atoms with van der Waals surface area (Å²) in [5.74, 6) is -0.0980. The maximum Gasteiger partial charge on any atom is 0.185 e. The Balaban J connectivity index is 2.83. The molecule has 0 aromatic carbocycles. The molecule has 3 heteroatoms. The van der Waals surface area contributed by atoms with Crippen LogP contribution in [0, 0.1) is 0 Å². The van der Waals surface area contributed by atoms with Crippen LogP contribution in [0.15, 0.2) is 33.9 Å². The van der Waals surface area contributed by atoms with Gasteiger partial charge in [-0.15, -0.1) is 0 Å². The van der Waals surface area contributed by atoms with Crippen molar-refractivity contribution in [3.05, 3.63) is 33.9 Å². The quantitative estimate of drug-likeness (QED) is 0.594. The number of rotatable bonds is 6. The van der Waals surface area contributed by atoms with E-state index in [1.165, 1.54) is 5.57 Å². The van der Waals surface area contributed by atoms with Gasteiger partial charge in [-0.05, 0) is 60.3 Å². The second kappa shape index (κ2) is 7.19. The third-order valence-corrected chi connectivity index (χ3v) is 4.67. The van der Waals surface area contributed by atoms with Gasteiger partial charge < -0.3 is 5.11 Å². The monoisotopic (exact) mass is 304 g/mol. The first-order chi connectivity index (χ1) is 10.1. The maximum absolute atomic E-state index is 12.4. The molecule has 0 saturated heterocycles. The molecule has 0 saturated carbocycles. The summed E-state index contributed by atoms with van der Waals surface area (Å²) in [6.07, 6.45) is 4.49. The summed E-state index contributed by atoms with van der Waals surface area (Å²) in [7, 11) is 0. The Hall–Kier alpha value is -1.48. The summed E-state index contributed by atoms with van der Waals surface area (Å²) in [6.45, 7) is 11.0. The summed E-state index contributed by atoms with van der Waals surface area (Å²) in [5, 5.41) is 10.5. The molecule has 0 bridgehead atoms. The molecule has 1 rings (SSSR count). The molecule has 1 aliphatic carbocycles. The van der Waals surface area contributed by atoms with Crippen LogP contribution in [-0.4, -0.2) is 22.3 Å². The molecule has 0 amide bonds. The van der Waals surface area contributed by atoms with Crippen molar-refractivity contribution in [1.29, 1.82) is 0 Å². The lowest BCUT2D eigenvalue weighted by atomic mass is 9.82. The number of allylic oxidation sites excluding steroid dienone is 5. The second-order valence-electron chi connectivity index (χ2n) is 6.62. The molecule has 0 fully saturated rings. The minimum Gasteiger partial charge on any atom is -0.390 e. The average Bonchev–Trinajstić information content (AvgIpc) is 2.48. The van der Waals surface area contributed by atoms with E-state index in [-0.39, 0.29) is 11.6 Å². The molecule has 22 heavy (non-hydrogen) atoms. The van der Waals surface area contributed by atoms with Gasteiger partial charge in [-0.25, -0.2) is 0 Å². The largest absolute Gasteiger partial charge is 0.390 e. The lowest BCUT2D eigenvalue weighted by Gasteiger charge is -2.25. The second-order valence-corrected chi connectivity index (χ2v) is 6.62. The number of ketones is 2. The Morgan fingerprint density at radius 3 is 2.18 bits per heavy atom. The van der Waals surface area contributed by atoms with Crippen molar-refractivity contribution in [2.75, 3.05) is 0 Å². The van der Waals surface area contributed by atoms with Gasteiger partial charge in [-0.3, -0.25) is 9.59 Å². The minimum absolute atomic E-state index is 0.0477. The van der Waals surface area contributed by atoms with Crippen molar-refractivity contribution >= 4 is 11.6 Å². The number of hydrogen-bond acceptors (Lipinski definition) is 3. The van der Waals surface area contributed by atoms with Crippen molar-refractivity contribution in [1.82, 2.24) is 0 Å². The first-order valence-corrected chi connectivity index (χ1v) is 7.95. The van der Waals surface area contributed by atoms with Gasteiger partial charge in [0.15, 0.2) is 11.6 Å². The molecule has 1 aliphatic rings. The molecule has 0 heterocycles. The van der Waals surface area contributed by atoms with E-state index in [0.717, 1.165) is 6.42 Å². The van der Waals surface area contributed by atoms with Crippen molar-refractivity contribution in [3.8, 4) is 0 Å². The number of carbonyl (C=O) groups is 2. The van der Waals surface area contributed by atoms with E-state index < -0.39 is 5.60 Å². The van der Waals surface area contributed by atoms with Crippen LogP contribution >= 0.6 is 0 Å². The molecule has 1 unspecified atom stereocenters. The summed E-state index contributed by atoms with van der Waals surface area (Å²) in [4.78, 5) is 24.5. The van der Waals surface area contributed by atoms with Gasteiger partial charge in [0.2, 0.25) is 0 Å². The molecule has 0 aromatic rings. The zero-order valence-electron chi connectivity index (χ0n) is 14.7. The van der Waals surface area contributed by atoms with Crippen LogP contribution in [0.25, 0.3) is 0 Å². The summed E-state index contributed by atoms with van der Waals surface area (Å²) >= 11 is 0. The molecule has 1 atom stereocenters. The molecule has 3 nitrogen and oxygen atoms in total. The van der Waals surface area contributed by atoms with Crippen LogP contribution in [0.4, 0.5) is 0 Å². The molecule has 122 valence electrons. The zero-order valence-corrected chi connectivity index (χ0v) is 14.7. The molecule has 0 aromatic heterocycles. The Kier molecular flexibility index (Phi) is 6.07. The normalized spacial score (nSPS) is 19.9. The predicted octanol–water partition coefficient (Wildman–Crippen LogP) is 4.07. The first-order valence-electron chi connectivity index (χ1n) is 7.95. The van der Waals surface area contributed by atoms with Gasteiger partial charge in [0, 0.05) is 22.3 Å². The van der Waals surface area contributed by atoms with E-state index in [2.05, 4.69) is 6.92 Å². The van der Waals surface area contributed by atoms with Crippen LogP contribution in [0.2, 0.25) is 0 Å². The van der Waals surface area contributed by atoms with E-state index in [9.17, 15) is 14.7 Å². The lowest BCUT2D eigenvalue weighted by molar-refractivity contribution is -0.116. The van der Waals surface area contributed by atoms with Gasteiger partial charge in [-0.1, -0.05) is 18.6 Å². The average molecular weight is 304 g/mol. The molecule has 0 radical (unpaired) electrons. The van der Waals surface area contributed by atoms with Crippen LogP contribution < -0.4 is 0 Å². The van der Waals surface area contributed by atoms with Crippen molar-refractivity contribution in [2.45, 2.75) is 72.8 Å². The number of aliphatic hydroxyl groups is 1. The first kappa shape index (κ1) is 18.6. The standard InChI is InChI=1S/C19H28O3/c1-7-12(2)8-10-19(6,22)11-9-16-15(5)17(20)13(3)14(4)18(16)21/h8,22H,7,9-11H2,1-6H3/b12-8+. The molecular weight excluding hydrogens is 276 g/mol. The number of carbonyl (C=O) groups excluding carboxylic acids is 2. The summed E-state index contributed by atoms with van der Waals surface area (Å²) in [5.41, 5.74) is 2.55. The predicted molar refractivity (Wildman–Crippen MR) is 89.6 cm³/mol. The van der Waals surface area contributed by atoms with Gasteiger partial charge in [0.25, 0.3) is 0 Å². The van der Waals surface area contributed by atoms with Gasteiger partial charge in [0.1, 0.15) is 0 Å². The summed E-state index contributed by atoms with van der Waals surface area (Å²) < 4.78 is 0. The third kappa shape index (κ3) is 4.26. The molecule has 1 N–H and O–H groups in total. The van der Waals surface area contributed by atoms with E-state index in [1.54, 1.807) is 27.7 Å². The fourth-order valence-electron chi connectivity index (χ4n) is 2.49. The maximum atomic E-state index is 12.4. The van der Waals surface area contributed by atoms with E-state index in [4.69, 9.17) is 0 Å². The molecular formula is C19H28O3. The minimum atomic E-state index is -0.864. The Bertz CT molecular complexity index is 571. The van der Waals surface area contributed by atoms with Gasteiger partial charge >= 0.3 is 0 Å². The smallest absolute Gasteiger partial charge is 0.185 e. The highest BCUT2D eigenvalue weighted by Crippen LogP contribution is 2.30. The zero-order chi connectivity index (χ0) is 17.1. The van der Waals surface area contributed by atoms with E-state index in [0.29, 0.717) is 41.6 Å². The van der Waals surface area contributed by atoms with Crippen LogP contribution in [0.5, 0.6) is 0 Å². The van der Waals surface area contributed by atoms with Crippen LogP contribution in [-0.2, 0) is 9.59 Å². The van der Waals surface area contributed by atoms with Crippen LogP contribution in [0.3, 0.4) is 0 Å². The van der Waals surface area contributed by atoms with Crippen molar-refractivity contribution in [3.63, 3.8) is 0 Å². The number of Topliss-reactive ketones (excluding diaryl/α,β-unsaturated/α-hetero) is 2. The van der Waals surface area contributed by atoms with E-state index >= 15 is 0 Å². The van der Waals surface area contributed by atoms with Gasteiger partial charge in [0.05, 0.1) is 5.60 Å². The van der Waals surface area contributed by atoms with Crippen molar-refractivity contribution in [2.24, 2.45) is 0 Å². The van der Waals surface area contributed by atoms with E-state index in [1.807, 2.05) is 13.0 Å². The SMILES string of the molecule is CC/C(C)=C/CC(C)(O)CCC1=C(C)C(=O)C(C)=C(C)C1=O. The Morgan fingerprint density at radius 1 is 1.09 bits per heavy atom. The fraction of sp³-hybridized carbons (Fsp3) is 0.579. The number of hydrogen-bond donors (Lipinski definition) is 1. The van der Waals surface area contributed by atoms with Crippen LogP contribution in [0.1, 0.15) is 67.2 Å². The topological polar surface area (TPSA) is 54.4 Å². The highest BCUT2D eigenvalue weighted by molar-refractivity contribution is 6.24. The fourth-order valence-corrected chi connectivity index (χ4v) is 2.49. The highest BCUT2D eigenvalue weighted by Gasteiger charge is 2.29. The molecule has 0 spiro atoms. The van der Waals surface area contributed by atoms with Gasteiger partial charge in [-0.2, -0.15) is 0 Å². The highest BCUT2D eigenvalue weighted by atomic mass is 16.3. The lowest BCUT2D eigenvalue weighted by Crippen LogP contribution is -2.26. The Morgan fingerprint density at radius 2 is 1.64 bits per heavy atom. The third-order valence-electron chi connectivity index (χ3n) is 4.67. The summed E-state index contributed by atoms with van der Waals surface area (Å²) in [6, 6.07) is 0. The molecule has 0 aliphatic heterocycles. The van der Waals surface area contributed by atoms with Crippen molar-refractivity contribution < 1.29 is 14.7 Å². The Labute approximate surface area is 133 Å².